The van der Waals surface area contributed by atoms with Gasteiger partial charge in [0.15, 0.2) is 0 Å². The van der Waals surface area contributed by atoms with E-state index in [9.17, 15) is 48.8 Å². The number of nitro groups is 1. The molecule has 11 N–H and O–H groups in total. The molecule has 7 aromatic rings. The van der Waals surface area contributed by atoms with E-state index in [1.165, 1.54) is 34.1 Å². The van der Waals surface area contributed by atoms with Crippen LogP contribution >= 0.6 is 0 Å². The fourth-order valence-corrected chi connectivity index (χ4v) is 16.8. The van der Waals surface area contributed by atoms with Gasteiger partial charge in [0.25, 0.3) is 5.69 Å². The Morgan fingerprint density at radius 3 is 1.35 bits per heavy atom. The van der Waals surface area contributed by atoms with Crippen LogP contribution in [-0.2, 0) is 75.0 Å². The normalized spacial score (nSPS) is 16.4. The van der Waals surface area contributed by atoms with Gasteiger partial charge in [-0.25, -0.2) is 19.2 Å². The van der Waals surface area contributed by atoms with Crippen molar-refractivity contribution in [3.63, 3.8) is 0 Å². The maximum Gasteiger partial charge on any atom is 0.407 e. The van der Waals surface area contributed by atoms with Gasteiger partial charge in [-0.3, -0.25) is 53.3 Å². The Kier molecular flexibility index (Phi) is 32.8. The number of carboxylic acid groups (broad SMARTS) is 1. The first kappa shape index (κ1) is 96.7. The SMILES string of the molecule is CC(C)C[C@H](NC(=O)[C@H](CCCNC(=O)OC(C)(C)C)NC(=O)[C@@H](NC(=O)[C@@H]1CCCN1C(=O)[C@@H](Cc1ccc2ccc3cccc4ccc1c2c34)NC(=O)[C@H](CC(C)C)NC(=O)[C@H](CCCNC(=O)OC(C)(C)C)NC(=O)[C@@H](NC(=O)[C@@H]1CCCN1C(=O)[C@H](Cc1ccc([N+](=O)[O-])cc1)NC(=O)OCC1c2ccccc2-c2ccccc21)C(C)C)C(C)C)C(=O)O. The van der Waals surface area contributed by atoms with Crippen LogP contribution in [0.25, 0.3) is 43.4 Å². The van der Waals surface area contributed by atoms with Crippen molar-refractivity contribution in [3.8, 4) is 11.1 Å². The third-order valence-corrected chi connectivity index (χ3v) is 23.0. The topological polar surface area (TPSA) is 440 Å². The fraction of sp³-hybridized carbons (Fsp3) is 0.505. The smallest absolute Gasteiger partial charge is 0.407 e. The molecule has 3 aliphatic rings. The standard InChI is InChI=1S/C95H123N13O19/c1-53(2)48-71(83(111)101-73(51-61-39-38-60-37-36-58-24-19-25-59-40-43-63(61)78(60)77(58)59)89(117)107-47-23-33-76(107)85(113)105-80(56(7)8)87(115)99-70(31-21-45-97-92(121)127-95(12,13)14)82(110)102-74(90(118)119)49-54(3)4)100-81(109)69(30-20-44-96-91(120)126-94(9,10)11)98-86(114)79(55(5)6)104-84(112)75-32-22-46-106(75)88(116)72(50-57-34-41-62(42-35-57)108(123)124)103-93(122)125-52-68-66-28-17-15-26-64(66)65-27-16-18-29-67(65)68/h15-19,24-29,34-43,53-56,68-76,79-80H,20-23,30-33,44-52H2,1-14H3,(H,96,120)(H,97,121)(H,98,114)(H,99,115)(H,100,109)(H,101,111)(H,102,110)(H,103,122)(H,104,112)(H,105,113)(H,118,119)/t69-,70-,71-,72-,73+,74-,75-,76-,79-,80-/m0/s1. The molecule has 10 atom stereocenters. The van der Waals surface area contributed by atoms with Gasteiger partial charge in [-0.15, -0.1) is 0 Å². The summed E-state index contributed by atoms with van der Waals surface area (Å²) in [6.45, 7) is 24.0. The van der Waals surface area contributed by atoms with Crippen molar-refractivity contribution in [2.45, 2.75) is 252 Å². The molecule has 0 bridgehead atoms. The Morgan fingerprint density at radius 1 is 0.465 bits per heavy atom. The van der Waals surface area contributed by atoms with Crippen molar-refractivity contribution in [2.24, 2.45) is 23.7 Å². The maximum atomic E-state index is 15.9. The molecule has 0 saturated carbocycles. The third-order valence-electron chi connectivity index (χ3n) is 23.0. The van der Waals surface area contributed by atoms with Crippen LogP contribution in [0.3, 0.4) is 0 Å². The molecule has 0 radical (unpaired) electrons. The lowest BCUT2D eigenvalue weighted by Crippen LogP contribution is -2.61. The van der Waals surface area contributed by atoms with E-state index < -0.39 is 166 Å². The Labute approximate surface area is 740 Å². The van der Waals surface area contributed by atoms with Gasteiger partial charge in [-0.1, -0.05) is 171 Å². The summed E-state index contributed by atoms with van der Waals surface area (Å²) in [5.74, 6) is -10.3. The number of hydrogen-bond acceptors (Lipinski definition) is 18. The number of ether oxygens (including phenoxy) is 3. The lowest BCUT2D eigenvalue weighted by Gasteiger charge is -2.32. The number of non-ortho nitro benzene ring substituents is 1. The van der Waals surface area contributed by atoms with E-state index in [4.69, 9.17) is 14.2 Å². The van der Waals surface area contributed by atoms with Crippen molar-refractivity contribution in [1.29, 1.82) is 0 Å². The predicted molar refractivity (Wildman–Crippen MR) is 479 cm³/mol. The highest BCUT2D eigenvalue weighted by atomic mass is 16.6. The van der Waals surface area contributed by atoms with Crippen LogP contribution in [0.1, 0.15) is 189 Å². The van der Waals surface area contributed by atoms with Crippen molar-refractivity contribution in [2.75, 3.05) is 32.8 Å². The Bertz CT molecular complexity index is 5100. The number of likely N-dealkylation sites (tertiary alicyclic amines) is 2. The predicted octanol–water partition coefficient (Wildman–Crippen LogP) is 10.7. The van der Waals surface area contributed by atoms with Crippen molar-refractivity contribution in [1.82, 2.24) is 63.0 Å². The lowest BCUT2D eigenvalue weighted by molar-refractivity contribution is -0.384. The fourth-order valence-electron chi connectivity index (χ4n) is 16.8. The summed E-state index contributed by atoms with van der Waals surface area (Å²) < 4.78 is 16.7. The highest BCUT2D eigenvalue weighted by Gasteiger charge is 2.44. The minimum Gasteiger partial charge on any atom is -0.480 e. The summed E-state index contributed by atoms with van der Waals surface area (Å²) in [5.41, 5.74) is 3.12. The van der Waals surface area contributed by atoms with Crippen LogP contribution in [0.2, 0.25) is 0 Å². The number of hydrogen-bond donors (Lipinski definition) is 11. The van der Waals surface area contributed by atoms with E-state index >= 15 is 28.8 Å². The highest BCUT2D eigenvalue weighted by Crippen LogP contribution is 2.45. The summed E-state index contributed by atoms with van der Waals surface area (Å²) in [7, 11) is 0. The van der Waals surface area contributed by atoms with Crippen molar-refractivity contribution in [3.05, 3.63) is 160 Å². The van der Waals surface area contributed by atoms with Gasteiger partial charge in [0.05, 0.1) is 4.92 Å². The zero-order chi connectivity index (χ0) is 92.5. The second-order valence-corrected chi connectivity index (χ2v) is 36.8. The summed E-state index contributed by atoms with van der Waals surface area (Å²) in [5, 5.41) is 55.1. The molecule has 12 amide bonds. The third kappa shape index (κ3) is 25.9. The number of benzene rings is 7. The van der Waals surface area contributed by atoms with Crippen molar-refractivity contribution >= 4 is 115 Å². The number of rotatable bonds is 39. The van der Waals surface area contributed by atoms with Crippen LogP contribution in [0.4, 0.5) is 20.1 Å². The second kappa shape index (κ2) is 43.1. The van der Waals surface area contributed by atoms with Gasteiger partial charge in [-0.05, 0) is 195 Å². The average molecular weight is 1750 g/mol. The number of fused-ring (bicyclic) bond motifs is 3. The molecule has 127 heavy (non-hydrogen) atoms. The van der Waals surface area contributed by atoms with Gasteiger partial charge >= 0.3 is 24.2 Å². The van der Waals surface area contributed by atoms with Gasteiger partial charge < -0.3 is 82.3 Å². The van der Waals surface area contributed by atoms with Crippen molar-refractivity contribution < 1.29 is 86.6 Å². The summed E-state index contributed by atoms with van der Waals surface area (Å²) in [6, 6.07) is 25.3. The van der Waals surface area contributed by atoms with E-state index in [-0.39, 0.29) is 120 Å². The number of nitrogens with one attached hydrogen (secondary N) is 10. The summed E-state index contributed by atoms with van der Waals surface area (Å²) >= 11 is 0. The molecule has 2 aliphatic heterocycles. The Balaban J connectivity index is 0.891. The molecular weight excluding hydrogens is 1630 g/mol. The minimum absolute atomic E-state index is 0.0136. The van der Waals surface area contributed by atoms with Gasteiger partial charge in [0, 0.05) is 57.1 Å². The largest absolute Gasteiger partial charge is 0.480 e. The summed E-state index contributed by atoms with van der Waals surface area (Å²) in [4.78, 5) is 202. The number of amides is 12. The minimum atomic E-state index is -1.48. The average Bonchev–Trinajstić information content (AvgIpc) is 1.47. The molecule has 2 fully saturated rings. The number of alkyl carbamates (subject to hydrolysis) is 3. The van der Waals surface area contributed by atoms with Crippen LogP contribution < -0.4 is 53.2 Å². The lowest BCUT2D eigenvalue weighted by atomic mass is 9.90. The molecule has 2 saturated heterocycles. The molecule has 32 heteroatoms. The molecule has 7 aromatic carbocycles. The molecule has 0 aromatic heterocycles. The number of carboxylic acids is 1. The zero-order valence-corrected chi connectivity index (χ0v) is 74.9. The Hall–Kier alpha value is -12.5. The second-order valence-electron chi connectivity index (χ2n) is 36.8. The van der Waals surface area contributed by atoms with E-state index in [1.807, 2.05) is 117 Å². The number of carbonyl (C=O) groups is 13. The first-order valence-corrected chi connectivity index (χ1v) is 44.0. The zero-order valence-electron chi connectivity index (χ0n) is 74.9. The maximum absolute atomic E-state index is 15.9. The number of nitrogens with zero attached hydrogens (tertiary/aromatic N) is 3. The molecule has 0 unspecified atom stereocenters. The van der Waals surface area contributed by atoms with Crippen LogP contribution in [0.15, 0.2) is 127 Å². The molecular formula is C95H123N13O19. The molecule has 682 valence electrons. The van der Waals surface area contributed by atoms with E-state index in [0.29, 0.717) is 24.0 Å². The molecule has 1 aliphatic carbocycles. The van der Waals surface area contributed by atoms with E-state index in [0.717, 1.165) is 54.6 Å². The number of aliphatic carboxylic acids is 1. The number of nitro benzene ring substituents is 1. The number of carbonyl (C=O) groups excluding carboxylic acids is 12. The quantitative estimate of drug-likeness (QED) is 0.00560. The monoisotopic (exact) mass is 1750 g/mol. The first-order chi connectivity index (χ1) is 60.1. The van der Waals surface area contributed by atoms with Crippen LogP contribution in [-0.4, -0.2) is 202 Å². The molecule has 32 nitrogen and oxygen atoms in total. The van der Waals surface area contributed by atoms with Gasteiger partial charge in [-0.2, -0.15) is 0 Å². The van der Waals surface area contributed by atoms with E-state index in [1.54, 1.807) is 83.1 Å². The van der Waals surface area contributed by atoms with E-state index in [2.05, 4.69) is 53.2 Å². The van der Waals surface area contributed by atoms with Crippen LogP contribution in [0.5, 0.6) is 0 Å². The molecule has 2 heterocycles. The first-order valence-electron chi connectivity index (χ1n) is 44.0. The van der Waals surface area contributed by atoms with Gasteiger partial charge in [0.1, 0.15) is 78.2 Å². The Morgan fingerprint density at radius 2 is 0.890 bits per heavy atom. The highest BCUT2D eigenvalue weighted by molar-refractivity contribution is 6.23. The van der Waals surface area contributed by atoms with Gasteiger partial charge in [0.2, 0.25) is 53.2 Å². The summed E-state index contributed by atoms with van der Waals surface area (Å²) in [6.07, 6.45) is -1.82. The molecule has 0 spiro atoms. The van der Waals surface area contributed by atoms with Crippen LogP contribution in [0, 0.1) is 33.8 Å². The molecule has 10 rings (SSSR count).